The molecular formula is C15H9N3O7. The van der Waals surface area contributed by atoms with E-state index >= 15 is 0 Å². The van der Waals surface area contributed by atoms with Crippen LogP contribution in [-0.2, 0) is 6.42 Å². The Balaban J connectivity index is 2.40. The molecule has 0 radical (unpaired) electrons. The number of carbonyl (C=O) groups is 1. The molecule has 0 saturated carbocycles. The van der Waals surface area contributed by atoms with Crippen molar-refractivity contribution >= 4 is 22.8 Å². The molecular weight excluding hydrogens is 334 g/mol. The van der Waals surface area contributed by atoms with Crippen LogP contribution in [0.1, 0.15) is 28.4 Å². The number of carbonyl (C=O) groups excluding carboxylic acids is 1. The molecule has 0 N–H and O–H groups in total. The third-order valence-electron chi connectivity index (χ3n) is 4.06. The van der Waals surface area contributed by atoms with Crippen LogP contribution in [0.2, 0.25) is 0 Å². The van der Waals surface area contributed by atoms with Crippen LogP contribution in [0, 0.1) is 30.3 Å². The molecule has 3 rings (SSSR count). The van der Waals surface area contributed by atoms with Gasteiger partial charge in [-0.2, -0.15) is 0 Å². The lowest BCUT2D eigenvalue weighted by Crippen LogP contribution is -2.00. The van der Waals surface area contributed by atoms with Crippen molar-refractivity contribution in [2.75, 3.05) is 0 Å². The lowest BCUT2D eigenvalue weighted by atomic mass is 9.99. The van der Waals surface area contributed by atoms with Crippen LogP contribution in [-0.4, -0.2) is 20.6 Å². The van der Waals surface area contributed by atoms with Gasteiger partial charge in [0.05, 0.1) is 26.4 Å². The Morgan fingerprint density at radius 1 is 0.800 bits per heavy atom. The molecule has 0 fully saturated rings. The minimum Gasteiger partial charge on any atom is -0.289 e. The van der Waals surface area contributed by atoms with Crippen LogP contribution >= 0.6 is 0 Å². The molecule has 0 aliphatic heterocycles. The topological polar surface area (TPSA) is 146 Å². The van der Waals surface area contributed by atoms with Gasteiger partial charge in [-0.05, 0) is 12.5 Å². The zero-order valence-corrected chi connectivity index (χ0v) is 12.7. The highest BCUT2D eigenvalue weighted by Crippen LogP contribution is 2.46. The second-order valence-electron chi connectivity index (χ2n) is 5.37. The van der Waals surface area contributed by atoms with Crippen LogP contribution in [0.15, 0.2) is 24.3 Å². The molecule has 1 aliphatic rings. The number of nitro groups is 3. The zero-order chi connectivity index (χ0) is 18.5. The number of rotatable bonds is 4. The van der Waals surface area contributed by atoms with Gasteiger partial charge in [-0.3, -0.25) is 35.1 Å². The summed E-state index contributed by atoms with van der Waals surface area (Å²) in [5.74, 6) is -0.624. The summed E-state index contributed by atoms with van der Waals surface area (Å²) < 4.78 is 0. The first kappa shape index (κ1) is 16.2. The second kappa shape index (κ2) is 5.44. The number of hydrogen-bond acceptors (Lipinski definition) is 7. The molecule has 0 bridgehead atoms. The molecule has 2 aromatic rings. The third-order valence-corrected chi connectivity index (χ3v) is 4.06. The summed E-state index contributed by atoms with van der Waals surface area (Å²) in [6.07, 6.45) is 0.287. The average Bonchev–Trinajstić information content (AvgIpc) is 2.84. The predicted octanol–water partition coefficient (Wildman–Crippen LogP) is 3.19. The van der Waals surface area contributed by atoms with Crippen LogP contribution in [0.4, 0.5) is 17.1 Å². The van der Waals surface area contributed by atoms with Gasteiger partial charge in [-0.15, -0.1) is 0 Å². The Morgan fingerprint density at radius 2 is 1.44 bits per heavy atom. The van der Waals surface area contributed by atoms with Gasteiger partial charge in [0.25, 0.3) is 17.1 Å². The van der Waals surface area contributed by atoms with Gasteiger partial charge in [-0.25, -0.2) is 0 Å². The van der Waals surface area contributed by atoms with Crippen LogP contribution < -0.4 is 0 Å². The van der Waals surface area contributed by atoms with E-state index in [0.717, 1.165) is 18.2 Å². The summed E-state index contributed by atoms with van der Waals surface area (Å²) in [7, 11) is 0. The van der Waals surface area contributed by atoms with E-state index in [9.17, 15) is 35.1 Å². The van der Waals surface area contributed by atoms with Crippen molar-refractivity contribution in [3.8, 4) is 11.1 Å². The van der Waals surface area contributed by atoms with E-state index in [1.165, 1.54) is 6.07 Å². The molecule has 2 aromatic carbocycles. The summed E-state index contributed by atoms with van der Waals surface area (Å²) in [5, 5.41) is 33.5. The highest BCUT2D eigenvalue weighted by molar-refractivity contribution is 6.23. The van der Waals surface area contributed by atoms with E-state index in [-0.39, 0.29) is 34.4 Å². The third kappa shape index (κ3) is 2.31. The highest BCUT2D eigenvalue weighted by atomic mass is 16.6. The first-order chi connectivity index (χ1) is 11.8. The molecule has 0 aromatic heterocycles. The van der Waals surface area contributed by atoms with Crippen molar-refractivity contribution in [1.29, 1.82) is 0 Å². The molecule has 1 aliphatic carbocycles. The van der Waals surface area contributed by atoms with E-state index in [0.29, 0.717) is 5.56 Å². The predicted molar refractivity (Wildman–Crippen MR) is 84.7 cm³/mol. The number of nitrogens with zero attached hydrogens (tertiary/aromatic N) is 3. The standard InChI is InChI=1S/C15H9N3O7/c1-2-7-3-10-9(6-12(7)17(22)23)14-11(15(10)19)4-8(16(20)21)5-13(14)18(24)25/h3-6H,2H2,1H3. The lowest BCUT2D eigenvalue weighted by Gasteiger charge is -2.05. The van der Waals surface area contributed by atoms with Crippen molar-refractivity contribution < 1.29 is 19.6 Å². The molecule has 10 nitrogen and oxygen atoms in total. The summed E-state index contributed by atoms with van der Waals surface area (Å²) in [6, 6.07) is 4.16. The number of non-ortho nitro benzene ring substituents is 1. The van der Waals surface area contributed by atoms with Gasteiger partial charge in [0.2, 0.25) is 0 Å². The molecule has 10 heteroatoms. The largest absolute Gasteiger partial charge is 0.289 e. The van der Waals surface area contributed by atoms with Gasteiger partial charge < -0.3 is 0 Å². The summed E-state index contributed by atoms with van der Waals surface area (Å²) in [5.41, 5.74) is -1.37. The fraction of sp³-hybridized carbons (Fsp3) is 0.133. The quantitative estimate of drug-likeness (QED) is 0.522. The van der Waals surface area contributed by atoms with Crippen molar-refractivity contribution in [2.24, 2.45) is 0 Å². The van der Waals surface area contributed by atoms with E-state index in [1.807, 2.05) is 0 Å². The van der Waals surface area contributed by atoms with Gasteiger partial charge in [0.1, 0.15) is 0 Å². The smallest absolute Gasteiger partial charge is 0.284 e. The van der Waals surface area contributed by atoms with E-state index in [2.05, 4.69) is 0 Å². The number of hydrogen-bond donors (Lipinski definition) is 0. The minimum absolute atomic E-state index is 0.0468. The SMILES string of the molecule is CCc1cc2c(cc1[N+](=O)[O-])-c1c(cc([N+](=O)[O-])cc1[N+](=O)[O-])C2=O. The van der Waals surface area contributed by atoms with Gasteiger partial charge in [-0.1, -0.05) is 6.92 Å². The molecule has 0 atom stereocenters. The molecule has 0 amide bonds. The highest BCUT2D eigenvalue weighted by Gasteiger charge is 2.37. The Kier molecular flexibility index (Phi) is 3.52. The maximum atomic E-state index is 12.6. The van der Waals surface area contributed by atoms with Gasteiger partial charge in [0.15, 0.2) is 5.78 Å². The molecule has 126 valence electrons. The number of benzene rings is 2. The van der Waals surface area contributed by atoms with Crippen molar-refractivity contribution in [3.63, 3.8) is 0 Å². The second-order valence-corrected chi connectivity index (χ2v) is 5.37. The van der Waals surface area contributed by atoms with Gasteiger partial charge in [0, 0.05) is 34.4 Å². The summed E-state index contributed by atoms with van der Waals surface area (Å²) in [6.45, 7) is 1.68. The monoisotopic (exact) mass is 343 g/mol. The normalized spacial score (nSPS) is 11.8. The first-order valence-corrected chi connectivity index (χ1v) is 7.09. The van der Waals surface area contributed by atoms with Crippen molar-refractivity contribution in [2.45, 2.75) is 13.3 Å². The molecule has 25 heavy (non-hydrogen) atoms. The van der Waals surface area contributed by atoms with Crippen LogP contribution in [0.3, 0.4) is 0 Å². The Bertz CT molecular complexity index is 997. The fourth-order valence-corrected chi connectivity index (χ4v) is 2.95. The lowest BCUT2D eigenvalue weighted by molar-refractivity contribution is -0.393. The number of nitro benzene ring substituents is 3. The summed E-state index contributed by atoms with van der Waals surface area (Å²) in [4.78, 5) is 43.8. The van der Waals surface area contributed by atoms with Crippen molar-refractivity contribution in [3.05, 3.63) is 71.3 Å². The summed E-state index contributed by atoms with van der Waals surface area (Å²) >= 11 is 0. The first-order valence-electron chi connectivity index (χ1n) is 7.09. The number of ketones is 1. The average molecular weight is 343 g/mol. The molecule has 0 saturated heterocycles. The Labute approximate surface area is 139 Å². The van der Waals surface area contributed by atoms with Crippen LogP contribution in [0.25, 0.3) is 11.1 Å². The van der Waals surface area contributed by atoms with E-state index in [4.69, 9.17) is 0 Å². The molecule has 0 heterocycles. The minimum atomic E-state index is -0.840. The fourth-order valence-electron chi connectivity index (χ4n) is 2.95. The number of aryl methyl sites for hydroxylation is 1. The van der Waals surface area contributed by atoms with Gasteiger partial charge >= 0.3 is 0 Å². The van der Waals surface area contributed by atoms with E-state index in [1.54, 1.807) is 6.92 Å². The number of fused-ring (bicyclic) bond motifs is 3. The maximum absolute atomic E-state index is 12.6. The van der Waals surface area contributed by atoms with Crippen LogP contribution in [0.5, 0.6) is 0 Å². The van der Waals surface area contributed by atoms with Crippen molar-refractivity contribution in [1.82, 2.24) is 0 Å². The Morgan fingerprint density at radius 3 is 1.96 bits per heavy atom. The zero-order valence-electron chi connectivity index (χ0n) is 12.7. The molecule has 0 unspecified atom stereocenters. The van der Waals surface area contributed by atoms with E-state index < -0.39 is 31.9 Å². The molecule has 0 spiro atoms. The maximum Gasteiger partial charge on any atom is 0.284 e. The Hall–Kier alpha value is -3.69.